The average molecular weight is 268 g/mol. The third-order valence-corrected chi connectivity index (χ3v) is 3.76. The topological polar surface area (TPSA) is 46.5 Å². The van der Waals surface area contributed by atoms with Crippen LogP contribution in [0, 0.1) is 0 Å². The van der Waals surface area contributed by atoms with E-state index in [4.69, 9.17) is 9.84 Å². The van der Waals surface area contributed by atoms with Crippen molar-refractivity contribution >= 4 is 17.5 Å². The van der Waals surface area contributed by atoms with E-state index in [1.54, 1.807) is 23.9 Å². The number of hydrogen-bond acceptors (Lipinski definition) is 4. The van der Waals surface area contributed by atoms with E-state index in [0.717, 1.165) is 12.2 Å². The summed E-state index contributed by atoms with van der Waals surface area (Å²) in [5, 5.41) is 9.09. The Kier molecular flexibility index (Phi) is 6.83. The number of carbonyl (C=O) groups excluding carboxylic acids is 1. The fourth-order valence-electron chi connectivity index (χ4n) is 1.47. The molecule has 0 radical (unpaired) electrons. The van der Waals surface area contributed by atoms with E-state index < -0.39 is 0 Å². The second kappa shape index (κ2) is 8.16. The molecule has 1 aromatic rings. The molecule has 100 valence electrons. The molecule has 0 saturated heterocycles. The molecule has 0 aromatic heterocycles. The number of Topliss-reactive ketones (excluding diaryl/α,β-unsaturated/α-hetero) is 1. The van der Waals surface area contributed by atoms with Gasteiger partial charge in [-0.15, -0.1) is 0 Å². The highest BCUT2D eigenvalue weighted by Gasteiger charge is 2.09. The molecule has 1 rings (SSSR count). The zero-order valence-corrected chi connectivity index (χ0v) is 11.7. The Bertz CT molecular complexity index is 362. The maximum Gasteiger partial charge on any atom is 0.172 e. The van der Waals surface area contributed by atoms with Gasteiger partial charge in [0, 0.05) is 17.4 Å². The smallest absolute Gasteiger partial charge is 0.172 e. The van der Waals surface area contributed by atoms with Crippen molar-refractivity contribution in [3.8, 4) is 5.75 Å². The number of carbonyl (C=O) groups is 1. The summed E-state index contributed by atoms with van der Waals surface area (Å²) < 4.78 is 5.33. The predicted molar refractivity (Wildman–Crippen MR) is 75.6 cm³/mol. The summed E-state index contributed by atoms with van der Waals surface area (Å²) in [5.41, 5.74) is 0.710. The van der Waals surface area contributed by atoms with Gasteiger partial charge < -0.3 is 9.84 Å². The first kappa shape index (κ1) is 15.1. The van der Waals surface area contributed by atoms with E-state index in [9.17, 15) is 4.79 Å². The number of thioether (sulfide) groups is 1. The Morgan fingerprint density at radius 3 is 2.61 bits per heavy atom. The molecule has 0 heterocycles. The Morgan fingerprint density at radius 2 is 2.06 bits per heavy atom. The third kappa shape index (κ3) is 5.10. The van der Waals surface area contributed by atoms with Gasteiger partial charge in [0.05, 0.1) is 12.4 Å². The Labute approximate surface area is 113 Å². The van der Waals surface area contributed by atoms with Gasteiger partial charge in [0.25, 0.3) is 0 Å². The fourth-order valence-corrected chi connectivity index (χ4v) is 2.34. The molecule has 0 fully saturated rings. The molecule has 0 spiro atoms. The average Bonchev–Trinajstić information content (AvgIpc) is 2.37. The lowest BCUT2D eigenvalue weighted by Gasteiger charge is -2.09. The quantitative estimate of drug-likeness (QED) is 0.736. The number of hydrogen-bond donors (Lipinski definition) is 1. The highest BCUT2D eigenvalue weighted by atomic mass is 32.2. The number of ether oxygens (including phenoxy) is 1. The first-order valence-electron chi connectivity index (χ1n) is 6.16. The standard InChI is InChI=1S/C14H20O3S/c1-3-17-13-6-4-12(5-7-13)14(16)10-18-11(2)8-9-15/h4-7,11,15H,3,8-10H2,1-2H3. The molecule has 0 aliphatic carbocycles. The molecule has 1 atom stereocenters. The monoisotopic (exact) mass is 268 g/mol. The molecule has 1 aromatic carbocycles. The van der Waals surface area contributed by atoms with Crippen LogP contribution in [0.25, 0.3) is 0 Å². The van der Waals surface area contributed by atoms with Crippen LogP contribution in [-0.4, -0.2) is 35.1 Å². The SMILES string of the molecule is CCOc1ccc(C(=O)CSC(C)CCO)cc1. The lowest BCUT2D eigenvalue weighted by molar-refractivity contribution is 0.102. The molecular formula is C14H20O3S. The van der Waals surface area contributed by atoms with Crippen LogP contribution in [0.3, 0.4) is 0 Å². The Morgan fingerprint density at radius 1 is 1.39 bits per heavy atom. The van der Waals surface area contributed by atoms with Crippen LogP contribution < -0.4 is 4.74 Å². The number of ketones is 1. The second-order valence-electron chi connectivity index (χ2n) is 4.01. The van der Waals surface area contributed by atoms with Crippen LogP contribution in [0.4, 0.5) is 0 Å². The molecule has 0 saturated carbocycles. The molecule has 3 nitrogen and oxygen atoms in total. The summed E-state index contributed by atoms with van der Waals surface area (Å²) in [7, 11) is 0. The molecule has 0 bridgehead atoms. The Hall–Kier alpha value is -1.00. The van der Waals surface area contributed by atoms with Crippen LogP contribution in [0.5, 0.6) is 5.75 Å². The normalized spacial score (nSPS) is 12.2. The van der Waals surface area contributed by atoms with Gasteiger partial charge >= 0.3 is 0 Å². The molecule has 0 amide bonds. The van der Waals surface area contributed by atoms with Crippen molar-refractivity contribution in [1.29, 1.82) is 0 Å². The zero-order valence-electron chi connectivity index (χ0n) is 10.9. The molecule has 1 unspecified atom stereocenters. The highest BCUT2D eigenvalue weighted by molar-refractivity contribution is 8.00. The second-order valence-corrected chi connectivity index (χ2v) is 5.44. The largest absolute Gasteiger partial charge is 0.494 e. The van der Waals surface area contributed by atoms with Gasteiger partial charge in [0.2, 0.25) is 0 Å². The first-order valence-corrected chi connectivity index (χ1v) is 7.20. The van der Waals surface area contributed by atoms with Crippen molar-refractivity contribution in [2.24, 2.45) is 0 Å². The zero-order chi connectivity index (χ0) is 13.4. The lowest BCUT2D eigenvalue weighted by atomic mass is 10.1. The van der Waals surface area contributed by atoms with E-state index in [1.807, 2.05) is 26.0 Å². The van der Waals surface area contributed by atoms with E-state index >= 15 is 0 Å². The van der Waals surface area contributed by atoms with Gasteiger partial charge in [0.15, 0.2) is 5.78 Å². The van der Waals surface area contributed by atoms with Gasteiger partial charge in [-0.05, 0) is 37.6 Å². The van der Waals surface area contributed by atoms with Crippen molar-refractivity contribution in [3.05, 3.63) is 29.8 Å². The van der Waals surface area contributed by atoms with Crippen LogP contribution in [0.15, 0.2) is 24.3 Å². The van der Waals surface area contributed by atoms with Gasteiger partial charge in [-0.2, -0.15) is 11.8 Å². The number of rotatable bonds is 8. The summed E-state index contributed by atoms with van der Waals surface area (Å²) in [4.78, 5) is 11.9. The van der Waals surface area contributed by atoms with E-state index in [2.05, 4.69) is 0 Å². The summed E-state index contributed by atoms with van der Waals surface area (Å²) in [6, 6.07) is 7.23. The lowest BCUT2D eigenvalue weighted by Crippen LogP contribution is -2.07. The van der Waals surface area contributed by atoms with Gasteiger partial charge in [-0.1, -0.05) is 6.92 Å². The van der Waals surface area contributed by atoms with Crippen molar-refractivity contribution < 1.29 is 14.6 Å². The molecule has 0 aliphatic rings. The molecule has 0 aliphatic heterocycles. The van der Waals surface area contributed by atoms with Crippen molar-refractivity contribution in [3.63, 3.8) is 0 Å². The van der Waals surface area contributed by atoms with Crippen molar-refractivity contribution in [1.82, 2.24) is 0 Å². The van der Waals surface area contributed by atoms with Crippen molar-refractivity contribution in [2.45, 2.75) is 25.5 Å². The summed E-state index contributed by atoms with van der Waals surface area (Å²) >= 11 is 1.58. The van der Waals surface area contributed by atoms with Crippen LogP contribution in [0.2, 0.25) is 0 Å². The molecule has 4 heteroatoms. The molecule has 1 N–H and O–H groups in total. The summed E-state index contributed by atoms with van der Waals surface area (Å²) in [6.45, 7) is 4.75. The van der Waals surface area contributed by atoms with Crippen LogP contribution in [0.1, 0.15) is 30.6 Å². The van der Waals surface area contributed by atoms with Crippen LogP contribution >= 0.6 is 11.8 Å². The highest BCUT2D eigenvalue weighted by Crippen LogP contribution is 2.17. The predicted octanol–water partition coefficient (Wildman–Crippen LogP) is 2.77. The first-order chi connectivity index (χ1) is 8.67. The number of aliphatic hydroxyl groups is 1. The van der Waals surface area contributed by atoms with Gasteiger partial charge in [-0.25, -0.2) is 0 Å². The number of benzene rings is 1. The minimum absolute atomic E-state index is 0.118. The Balaban J connectivity index is 2.46. The maximum atomic E-state index is 11.9. The van der Waals surface area contributed by atoms with Crippen LogP contribution in [-0.2, 0) is 0 Å². The number of aliphatic hydroxyl groups excluding tert-OH is 1. The minimum Gasteiger partial charge on any atom is -0.494 e. The summed E-state index contributed by atoms with van der Waals surface area (Å²) in [6.07, 6.45) is 0.723. The van der Waals surface area contributed by atoms with Gasteiger partial charge in [0.1, 0.15) is 5.75 Å². The van der Waals surface area contributed by atoms with E-state index in [0.29, 0.717) is 23.2 Å². The van der Waals surface area contributed by atoms with Gasteiger partial charge in [-0.3, -0.25) is 4.79 Å². The molecule has 18 heavy (non-hydrogen) atoms. The van der Waals surface area contributed by atoms with E-state index in [1.165, 1.54) is 0 Å². The van der Waals surface area contributed by atoms with E-state index in [-0.39, 0.29) is 12.4 Å². The fraction of sp³-hybridized carbons (Fsp3) is 0.500. The minimum atomic E-state index is 0.118. The maximum absolute atomic E-state index is 11.9. The summed E-state index contributed by atoms with van der Waals surface area (Å²) in [5.74, 6) is 1.36. The molecular weight excluding hydrogens is 248 g/mol. The van der Waals surface area contributed by atoms with Crippen molar-refractivity contribution in [2.75, 3.05) is 19.0 Å². The third-order valence-electron chi connectivity index (χ3n) is 2.52.